The van der Waals surface area contributed by atoms with Crippen molar-refractivity contribution in [2.45, 2.75) is 26.4 Å². The van der Waals surface area contributed by atoms with Crippen molar-refractivity contribution in [3.8, 4) is 0 Å². The van der Waals surface area contributed by atoms with Gasteiger partial charge in [0.15, 0.2) is 4.96 Å². The normalized spacial score (nSPS) is 11.0. The topological polar surface area (TPSA) is 66.6 Å². The minimum atomic E-state index is -0.0359. The number of hydrogen-bond donors (Lipinski definition) is 2. The number of carbonyl (C=O) groups excluding carboxylic acids is 1. The Kier molecular flexibility index (Phi) is 4.22. The van der Waals surface area contributed by atoms with Crippen molar-refractivity contribution < 1.29 is 9.90 Å². The van der Waals surface area contributed by atoms with E-state index in [1.165, 1.54) is 0 Å². The van der Waals surface area contributed by atoms with E-state index in [9.17, 15) is 4.79 Å². The first-order valence-corrected chi connectivity index (χ1v) is 7.95. The molecule has 0 spiro atoms. The summed E-state index contributed by atoms with van der Waals surface area (Å²) in [7, 11) is 0. The van der Waals surface area contributed by atoms with Crippen LogP contribution in [0.15, 0.2) is 35.8 Å². The maximum Gasteiger partial charge on any atom is 0.224 e. The molecule has 3 rings (SSSR count). The van der Waals surface area contributed by atoms with Crippen LogP contribution in [0.3, 0.4) is 0 Å². The van der Waals surface area contributed by atoms with Gasteiger partial charge in [0.2, 0.25) is 5.91 Å². The predicted molar refractivity (Wildman–Crippen MR) is 87.1 cm³/mol. The van der Waals surface area contributed by atoms with E-state index in [1.807, 2.05) is 41.1 Å². The fraction of sp³-hybridized carbons (Fsp3) is 0.250. The second kappa shape index (κ2) is 6.29. The molecule has 2 aromatic heterocycles. The van der Waals surface area contributed by atoms with Crippen molar-refractivity contribution in [2.24, 2.45) is 0 Å². The third kappa shape index (κ3) is 3.18. The van der Waals surface area contributed by atoms with E-state index in [0.29, 0.717) is 18.5 Å². The lowest BCUT2D eigenvalue weighted by Gasteiger charge is -2.06. The zero-order valence-electron chi connectivity index (χ0n) is 12.2. The summed E-state index contributed by atoms with van der Waals surface area (Å²) in [4.78, 5) is 17.4. The zero-order valence-corrected chi connectivity index (χ0v) is 13.1. The van der Waals surface area contributed by atoms with Gasteiger partial charge in [-0.3, -0.25) is 9.20 Å². The number of carbonyl (C=O) groups is 1. The number of rotatable bonds is 5. The molecule has 2 heterocycles. The van der Waals surface area contributed by atoms with Gasteiger partial charge in [0.25, 0.3) is 0 Å². The van der Waals surface area contributed by atoms with E-state index < -0.39 is 0 Å². The molecule has 0 bridgehead atoms. The van der Waals surface area contributed by atoms with Crippen LogP contribution in [0.25, 0.3) is 4.96 Å². The van der Waals surface area contributed by atoms with Crippen LogP contribution in [0.1, 0.15) is 23.4 Å². The Hall–Kier alpha value is -2.18. The fourth-order valence-corrected chi connectivity index (χ4v) is 3.29. The summed E-state index contributed by atoms with van der Waals surface area (Å²) in [5.74, 6) is -0.0359. The van der Waals surface area contributed by atoms with Crippen LogP contribution >= 0.6 is 11.3 Å². The van der Waals surface area contributed by atoms with Crippen LogP contribution < -0.4 is 5.32 Å². The molecule has 0 radical (unpaired) electrons. The number of aryl methyl sites for hydroxylation is 2. The van der Waals surface area contributed by atoms with Crippen LogP contribution in [0.4, 0.5) is 5.69 Å². The summed E-state index contributed by atoms with van der Waals surface area (Å²) in [6.45, 7) is 1.93. The molecule has 1 amide bonds. The highest BCUT2D eigenvalue weighted by atomic mass is 32.1. The van der Waals surface area contributed by atoms with Crippen molar-refractivity contribution in [2.75, 3.05) is 5.32 Å². The molecule has 0 saturated heterocycles. The number of fused-ring (bicyclic) bond motifs is 1. The van der Waals surface area contributed by atoms with E-state index in [0.717, 1.165) is 21.9 Å². The largest absolute Gasteiger partial charge is 0.392 e. The highest BCUT2D eigenvalue weighted by Gasteiger charge is 2.09. The summed E-state index contributed by atoms with van der Waals surface area (Å²) < 4.78 is 2.04. The molecule has 1 aromatic carbocycles. The Balaban J connectivity index is 1.62. The van der Waals surface area contributed by atoms with E-state index >= 15 is 0 Å². The standard InChI is InChI=1S/C16H17N3O2S/c1-11-8-19-14(10-22-16(19)17-11)5-6-15(21)18-13-4-2-3-12(7-13)9-20/h2-4,7-8,10,20H,5-6,9H2,1H3,(H,18,21). The van der Waals surface area contributed by atoms with E-state index in [1.54, 1.807) is 17.4 Å². The monoisotopic (exact) mass is 315 g/mol. The molecule has 0 saturated carbocycles. The molecule has 0 aliphatic rings. The van der Waals surface area contributed by atoms with Gasteiger partial charge in [-0.25, -0.2) is 4.98 Å². The second-order valence-corrected chi connectivity index (χ2v) is 6.01. The molecule has 0 fully saturated rings. The molecule has 0 atom stereocenters. The van der Waals surface area contributed by atoms with Gasteiger partial charge in [-0.15, -0.1) is 11.3 Å². The summed E-state index contributed by atoms with van der Waals surface area (Å²) in [6.07, 6.45) is 3.07. The smallest absolute Gasteiger partial charge is 0.224 e. The SMILES string of the molecule is Cc1cn2c(CCC(=O)Nc3cccc(CO)c3)csc2n1. The second-order valence-electron chi connectivity index (χ2n) is 5.17. The molecule has 3 aromatic rings. The third-order valence-electron chi connectivity index (χ3n) is 3.41. The van der Waals surface area contributed by atoms with Crippen LogP contribution in [-0.2, 0) is 17.8 Å². The van der Waals surface area contributed by atoms with Crippen LogP contribution in [0.5, 0.6) is 0 Å². The quantitative estimate of drug-likeness (QED) is 0.761. The van der Waals surface area contributed by atoms with Crippen molar-refractivity contribution >= 4 is 27.9 Å². The Morgan fingerprint density at radius 3 is 3.14 bits per heavy atom. The number of nitrogens with one attached hydrogen (secondary N) is 1. The number of anilines is 1. The van der Waals surface area contributed by atoms with Crippen molar-refractivity contribution in [3.63, 3.8) is 0 Å². The van der Waals surface area contributed by atoms with Crippen molar-refractivity contribution in [1.82, 2.24) is 9.38 Å². The van der Waals surface area contributed by atoms with Gasteiger partial charge < -0.3 is 10.4 Å². The molecule has 0 aliphatic heterocycles. The minimum absolute atomic E-state index is 0.0312. The average Bonchev–Trinajstić information content (AvgIpc) is 3.04. The highest BCUT2D eigenvalue weighted by molar-refractivity contribution is 7.15. The third-order valence-corrected chi connectivity index (χ3v) is 4.29. The number of hydrogen-bond acceptors (Lipinski definition) is 4. The number of imidazole rings is 1. The number of benzene rings is 1. The molecule has 6 heteroatoms. The maximum atomic E-state index is 12.1. The zero-order chi connectivity index (χ0) is 15.5. The lowest BCUT2D eigenvalue weighted by molar-refractivity contribution is -0.116. The maximum absolute atomic E-state index is 12.1. The van der Waals surface area contributed by atoms with Gasteiger partial charge in [0.1, 0.15) is 0 Å². The highest BCUT2D eigenvalue weighted by Crippen LogP contribution is 2.18. The van der Waals surface area contributed by atoms with E-state index in [2.05, 4.69) is 10.3 Å². The molecule has 22 heavy (non-hydrogen) atoms. The minimum Gasteiger partial charge on any atom is -0.392 e. The van der Waals surface area contributed by atoms with Crippen LogP contribution in [-0.4, -0.2) is 20.4 Å². The van der Waals surface area contributed by atoms with Crippen molar-refractivity contribution in [3.05, 3.63) is 52.8 Å². The molecule has 114 valence electrons. The van der Waals surface area contributed by atoms with Gasteiger partial charge >= 0.3 is 0 Å². The number of amides is 1. The summed E-state index contributed by atoms with van der Waals surface area (Å²) in [6, 6.07) is 7.23. The Morgan fingerprint density at radius 2 is 2.32 bits per heavy atom. The van der Waals surface area contributed by atoms with Gasteiger partial charge in [0.05, 0.1) is 12.3 Å². The number of nitrogens with zero attached hydrogens (tertiary/aromatic N) is 2. The first-order chi connectivity index (χ1) is 10.7. The molecule has 0 unspecified atom stereocenters. The first-order valence-electron chi connectivity index (χ1n) is 7.07. The first kappa shape index (κ1) is 14.7. The summed E-state index contributed by atoms with van der Waals surface area (Å²) >= 11 is 1.59. The Labute approximate surface area is 132 Å². The van der Waals surface area contributed by atoms with Crippen molar-refractivity contribution in [1.29, 1.82) is 0 Å². The van der Waals surface area contributed by atoms with Crippen LogP contribution in [0.2, 0.25) is 0 Å². The number of aromatic nitrogens is 2. The average molecular weight is 315 g/mol. The molecule has 0 aliphatic carbocycles. The van der Waals surface area contributed by atoms with Gasteiger partial charge in [-0.2, -0.15) is 0 Å². The van der Waals surface area contributed by atoms with Gasteiger partial charge in [-0.1, -0.05) is 12.1 Å². The molecule has 2 N–H and O–H groups in total. The predicted octanol–water partition coefficient (Wildman–Crippen LogP) is 2.77. The Morgan fingerprint density at radius 1 is 1.45 bits per heavy atom. The molecule has 5 nitrogen and oxygen atoms in total. The number of thiazole rings is 1. The van der Waals surface area contributed by atoms with Gasteiger partial charge in [0, 0.05) is 29.4 Å². The van der Waals surface area contributed by atoms with E-state index in [-0.39, 0.29) is 12.5 Å². The fourth-order valence-electron chi connectivity index (χ4n) is 2.33. The van der Waals surface area contributed by atoms with Crippen LogP contribution in [0, 0.1) is 6.92 Å². The summed E-state index contributed by atoms with van der Waals surface area (Å²) in [5, 5.41) is 14.0. The van der Waals surface area contributed by atoms with Gasteiger partial charge in [-0.05, 0) is 31.0 Å². The summed E-state index contributed by atoms with van der Waals surface area (Å²) in [5.41, 5.74) is 3.58. The van der Waals surface area contributed by atoms with E-state index in [4.69, 9.17) is 5.11 Å². The lowest BCUT2D eigenvalue weighted by Crippen LogP contribution is -2.12. The number of aliphatic hydroxyl groups excluding tert-OH is 1. The Bertz CT molecular complexity index is 807. The molecular formula is C16H17N3O2S. The lowest BCUT2D eigenvalue weighted by atomic mass is 10.2. The number of aliphatic hydroxyl groups is 1. The molecular weight excluding hydrogens is 298 g/mol.